The lowest BCUT2D eigenvalue weighted by Crippen LogP contribution is -2.26. The van der Waals surface area contributed by atoms with Crippen LogP contribution >= 0.6 is 11.8 Å². The van der Waals surface area contributed by atoms with Crippen LogP contribution in [0.25, 0.3) is 0 Å². The summed E-state index contributed by atoms with van der Waals surface area (Å²) in [5.41, 5.74) is 0.387. The minimum Gasteiger partial charge on any atom is -0.378 e. The number of thioether (sulfide) groups is 1. The first-order valence-corrected chi connectivity index (χ1v) is 7.92. The summed E-state index contributed by atoms with van der Waals surface area (Å²) in [6.45, 7) is 11.2. The zero-order valence-corrected chi connectivity index (χ0v) is 13.8. The van der Waals surface area contributed by atoms with Gasteiger partial charge in [0.15, 0.2) is 5.17 Å². The quantitative estimate of drug-likeness (QED) is 0.727. The molecule has 1 aliphatic rings. The molecule has 0 aromatic rings. The molecule has 1 unspecified atom stereocenters. The molecule has 1 heterocycles. The molecule has 0 saturated heterocycles. The van der Waals surface area contributed by atoms with Crippen molar-refractivity contribution in [1.29, 1.82) is 0 Å². The fourth-order valence-electron chi connectivity index (χ4n) is 1.88. The Hall–Kier alpha value is -0.260. The summed E-state index contributed by atoms with van der Waals surface area (Å²) >= 11 is 1.88. The second-order valence-electron chi connectivity index (χ2n) is 6.49. The highest BCUT2D eigenvalue weighted by Gasteiger charge is 2.24. The molecule has 1 atom stereocenters. The van der Waals surface area contributed by atoms with Crippen LogP contribution in [0.3, 0.4) is 0 Å². The van der Waals surface area contributed by atoms with Gasteiger partial charge in [-0.25, -0.2) is 0 Å². The summed E-state index contributed by atoms with van der Waals surface area (Å²) in [4.78, 5) is 6.68. The Morgan fingerprint density at radius 3 is 2.74 bits per heavy atom. The molecule has 5 heteroatoms. The van der Waals surface area contributed by atoms with E-state index >= 15 is 0 Å². The Balaban J connectivity index is 2.03. The van der Waals surface area contributed by atoms with Crippen molar-refractivity contribution in [2.75, 3.05) is 46.9 Å². The molecule has 0 bridgehead atoms. The number of ether oxygens (including phenoxy) is 1. The molecule has 0 spiro atoms. The van der Waals surface area contributed by atoms with Crippen molar-refractivity contribution in [1.82, 2.24) is 10.2 Å². The maximum Gasteiger partial charge on any atom is 0.157 e. The number of hydrogen-bond donors (Lipinski definition) is 1. The summed E-state index contributed by atoms with van der Waals surface area (Å²) < 4.78 is 5.54. The lowest BCUT2D eigenvalue weighted by Gasteiger charge is -2.21. The van der Waals surface area contributed by atoms with Gasteiger partial charge in [-0.05, 0) is 25.9 Å². The predicted octanol–water partition coefficient (Wildman–Crippen LogP) is 2.06. The summed E-state index contributed by atoms with van der Waals surface area (Å²) in [6, 6.07) is 0. The van der Waals surface area contributed by atoms with Gasteiger partial charge in [-0.15, -0.1) is 0 Å². The summed E-state index contributed by atoms with van der Waals surface area (Å²) in [7, 11) is 4.11. The van der Waals surface area contributed by atoms with E-state index in [9.17, 15) is 0 Å². The molecule has 1 N–H and O–H groups in total. The van der Waals surface area contributed by atoms with E-state index in [1.165, 1.54) is 6.42 Å². The maximum absolute atomic E-state index is 5.54. The molecule has 1 aliphatic heterocycles. The van der Waals surface area contributed by atoms with Gasteiger partial charge >= 0.3 is 0 Å². The van der Waals surface area contributed by atoms with Crippen molar-refractivity contribution < 1.29 is 4.74 Å². The second-order valence-corrected chi connectivity index (χ2v) is 7.78. The van der Waals surface area contributed by atoms with Gasteiger partial charge in [0, 0.05) is 18.3 Å². The topological polar surface area (TPSA) is 36.9 Å². The third-order valence-corrected chi connectivity index (χ3v) is 3.91. The van der Waals surface area contributed by atoms with Crippen LogP contribution in [0.15, 0.2) is 4.99 Å². The molecule has 112 valence electrons. The lowest BCUT2D eigenvalue weighted by molar-refractivity contribution is 0.122. The number of nitrogens with one attached hydrogen (secondary N) is 1. The third kappa shape index (κ3) is 8.50. The van der Waals surface area contributed by atoms with Gasteiger partial charge in [0.1, 0.15) is 0 Å². The molecule has 0 aliphatic carbocycles. The highest BCUT2D eigenvalue weighted by molar-refractivity contribution is 8.14. The zero-order valence-electron chi connectivity index (χ0n) is 13.0. The van der Waals surface area contributed by atoms with Crippen molar-refractivity contribution in [2.24, 2.45) is 10.4 Å². The number of nitrogens with zero attached hydrogens (tertiary/aromatic N) is 2. The number of amidine groups is 1. The summed E-state index contributed by atoms with van der Waals surface area (Å²) in [5.74, 6) is 0. The number of aliphatic imine (C=N–C) groups is 1. The van der Waals surface area contributed by atoms with E-state index < -0.39 is 0 Å². The Kier molecular flexibility index (Phi) is 7.18. The molecule has 0 amide bonds. The highest BCUT2D eigenvalue weighted by Crippen LogP contribution is 2.31. The number of hydrogen-bond acceptors (Lipinski definition) is 5. The van der Waals surface area contributed by atoms with Crippen molar-refractivity contribution in [2.45, 2.75) is 32.4 Å². The molecular formula is C14H29N3OS. The first-order chi connectivity index (χ1) is 8.87. The van der Waals surface area contributed by atoms with Crippen LogP contribution in [0.5, 0.6) is 0 Å². The maximum atomic E-state index is 5.54. The van der Waals surface area contributed by atoms with Gasteiger partial charge in [-0.1, -0.05) is 32.5 Å². The summed E-state index contributed by atoms with van der Waals surface area (Å²) in [5, 5.41) is 5.08. The van der Waals surface area contributed by atoms with E-state index in [-0.39, 0.29) is 0 Å². The Morgan fingerprint density at radius 2 is 2.11 bits per heavy atom. The first kappa shape index (κ1) is 16.8. The van der Waals surface area contributed by atoms with Gasteiger partial charge in [0.2, 0.25) is 0 Å². The molecule has 0 aromatic heterocycles. The Bertz CT molecular complexity index is 287. The molecule has 1 rings (SSSR count). The van der Waals surface area contributed by atoms with Crippen molar-refractivity contribution in [3.8, 4) is 0 Å². The van der Waals surface area contributed by atoms with Crippen molar-refractivity contribution in [3.05, 3.63) is 0 Å². The van der Waals surface area contributed by atoms with Crippen LogP contribution in [-0.4, -0.2) is 62.3 Å². The fraction of sp³-hybridized carbons (Fsp3) is 0.929. The average Bonchev–Trinajstić information content (AvgIpc) is 2.68. The van der Waals surface area contributed by atoms with Gasteiger partial charge in [-0.2, -0.15) is 0 Å². The minimum atomic E-state index is 0.387. The van der Waals surface area contributed by atoms with Crippen LogP contribution in [0.1, 0.15) is 27.2 Å². The van der Waals surface area contributed by atoms with E-state index in [1.54, 1.807) is 0 Å². The van der Waals surface area contributed by atoms with Crippen molar-refractivity contribution >= 4 is 16.9 Å². The SMILES string of the molecule is CN(C)CCOCCNC1=NCC(CC(C)(C)C)S1. The largest absolute Gasteiger partial charge is 0.378 e. The zero-order chi connectivity index (χ0) is 14.3. The molecule has 0 radical (unpaired) electrons. The highest BCUT2D eigenvalue weighted by atomic mass is 32.2. The molecule has 0 aromatic carbocycles. The van der Waals surface area contributed by atoms with Crippen molar-refractivity contribution in [3.63, 3.8) is 0 Å². The van der Waals surface area contributed by atoms with Gasteiger partial charge in [-0.3, -0.25) is 4.99 Å². The monoisotopic (exact) mass is 287 g/mol. The summed E-state index contributed by atoms with van der Waals surface area (Å²) in [6.07, 6.45) is 1.21. The van der Waals surface area contributed by atoms with Crippen LogP contribution in [0.2, 0.25) is 0 Å². The van der Waals surface area contributed by atoms with Gasteiger partial charge in [0.05, 0.1) is 19.8 Å². The van der Waals surface area contributed by atoms with Gasteiger partial charge in [0.25, 0.3) is 0 Å². The molecule has 19 heavy (non-hydrogen) atoms. The third-order valence-electron chi connectivity index (χ3n) is 2.76. The first-order valence-electron chi connectivity index (χ1n) is 7.04. The van der Waals surface area contributed by atoms with E-state index in [4.69, 9.17) is 4.74 Å². The van der Waals surface area contributed by atoms with Crippen LogP contribution in [0, 0.1) is 5.41 Å². The number of likely N-dealkylation sites (N-methyl/N-ethyl adjacent to an activating group) is 1. The normalized spacial score (nSPS) is 19.9. The molecular weight excluding hydrogens is 258 g/mol. The van der Waals surface area contributed by atoms with E-state index in [2.05, 4.69) is 50.1 Å². The molecule has 0 fully saturated rings. The average molecular weight is 287 g/mol. The van der Waals surface area contributed by atoms with Crippen LogP contribution in [0.4, 0.5) is 0 Å². The van der Waals surface area contributed by atoms with Crippen LogP contribution in [-0.2, 0) is 4.74 Å². The molecule has 4 nitrogen and oxygen atoms in total. The molecule has 0 saturated carbocycles. The standard InChI is InChI=1S/C14H29N3OS/c1-14(2,3)10-12-11-16-13(19-12)15-6-8-18-9-7-17(4)5/h12H,6-11H2,1-5H3,(H,15,16). The minimum absolute atomic E-state index is 0.387. The second kappa shape index (κ2) is 8.12. The van der Waals surface area contributed by atoms with E-state index in [0.717, 1.165) is 38.0 Å². The van der Waals surface area contributed by atoms with E-state index in [0.29, 0.717) is 10.7 Å². The van der Waals surface area contributed by atoms with Gasteiger partial charge < -0.3 is 15.0 Å². The lowest BCUT2D eigenvalue weighted by atomic mass is 9.90. The fourth-order valence-corrected chi connectivity index (χ4v) is 3.27. The Morgan fingerprint density at radius 1 is 1.37 bits per heavy atom. The smallest absolute Gasteiger partial charge is 0.157 e. The predicted molar refractivity (Wildman–Crippen MR) is 85.1 cm³/mol. The number of rotatable bonds is 7. The van der Waals surface area contributed by atoms with Crippen LogP contribution < -0.4 is 5.32 Å². The van der Waals surface area contributed by atoms with E-state index in [1.807, 2.05) is 11.8 Å². The Labute approximate surface area is 122 Å².